The molecule has 0 aliphatic rings. The Morgan fingerprint density at radius 3 is 2.24 bits per heavy atom. The number of fused-ring (bicyclic) bond motifs is 10. The standard InChI is InChI=1S/C30H17N2O.C11H8N.Ir/c1-17-10-12-24(31-16-17)18-11-13-26-23(14-18)28-29-21(19-6-2-4-8-25(19)32(26)29)15-22-20-7-3-5-9-27(20)33-30(22)28;1-2-6-10(7-3-1)11-8-4-5-9-12-11;/h2-10,12-16H,1H3;1-6,8-9H;/q2*-1;. The minimum atomic E-state index is 0. The van der Waals surface area contributed by atoms with Crippen LogP contribution in [0.3, 0.4) is 0 Å². The normalized spacial score (nSPS) is 11.4. The number of pyridine rings is 2. The molecule has 0 N–H and O–H groups in total. The Balaban J connectivity index is 0.000000204. The molecule has 0 fully saturated rings. The van der Waals surface area contributed by atoms with Crippen molar-refractivity contribution in [2.24, 2.45) is 0 Å². The number of aromatic nitrogens is 3. The molecule has 1 radical (unpaired) electrons. The van der Waals surface area contributed by atoms with E-state index in [-0.39, 0.29) is 20.1 Å². The summed E-state index contributed by atoms with van der Waals surface area (Å²) in [6.07, 6.45) is 3.70. The Bertz CT molecular complexity index is 2600. The van der Waals surface area contributed by atoms with Gasteiger partial charge in [-0.05, 0) is 53.7 Å². The first-order valence-corrected chi connectivity index (χ1v) is 15.0. The van der Waals surface area contributed by atoms with Crippen LogP contribution in [0.1, 0.15) is 5.56 Å². The van der Waals surface area contributed by atoms with Crippen molar-refractivity contribution in [1.29, 1.82) is 0 Å². The van der Waals surface area contributed by atoms with E-state index in [1.165, 1.54) is 27.2 Å². The van der Waals surface area contributed by atoms with E-state index >= 15 is 0 Å². The van der Waals surface area contributed by atoms with Crippen molar-refractivity contribution < 1.29 is 24.5 Å². The largest absolute Gasteiger partial charge is 0.455 e. The van der Waals surface area contributed by atoms with Crippen LogP contribution < -0.4 is 0 Å². The van der Waals surface area contributed by atoms with E-state index in [1.807, 2.05) is 54.7 Å². The Morgan fingerprint density at radius 1 is 0.630 bits per heavy atom. The van der Waals surface area contributed by atoms with Crippen molar-refractivity contribution in [3.63, 3.8) is 0 Å². The first-order valence-electron chi connectivity index (χ1n) is 15.0. The van der Waals surface area contributed by atoms with E-state index in [0.29, 0.717) is 0 Å². The van der Waals surface area contributed by atoms with Gasteiger partial charge < -0.3 is 18.8 Å². The van der Waals surface area contributed by atoms with Crippen molar-refractivity contribution in [1.82, 2.24) is 14.4 Å². The van der Waals surface area contributed by atoms with Gasteiger partial charge in [-0.2, -0.15) is 0 Å². The van der Waals surface area contributed by atoms with E-state index in [1.54, 1.807) is 6.20 Å². The van der Waals surface area contributed by atoms with Gasteiger partial charge in [0.05, 0.1) is 5.52 Å². The molecule has 0 saturated carbocycles. The average molecular weight is 768 g/mol. The number of nitrogens with zero attached hydrogens (tertiary/aromatic N) is 3. The number of hydrogen-bond donors (Lipinski definition) is 0. The summed E-state index contributed by atoms with van der Waals surface area (Å²) in [4.78, 5) is 8.86. The average Bonchev–Trinajstić information content (AvgIpc) is 3.76. The van der Waals surface area contributed by atoms with Crippen molar-refractivity contribution in [3.05, 3.63) is 151 Å². The van der Waals surface area contributed by atoms with E-state index < -0.39 is 0 Å². The maximum Gasteiger partial charge on any atom is 0.143 e. The third kappa shape index (κ3) is 4.39. The molecule has 0 aliphatic carbocycles. The zero-order valence-corrected chi connectivity index (χ0v) is 27.2. The molecule has 5 heteroatoms. The van der Waals surface area contributed by atoms with Gasteiger partial charge in [0.2, 0.25) is 0 Å². The summed E-state index contributed by atoms with van der Waals surface area (Å²) in [7, 11) is 0. The van der Waals surface area contributed by atoms with E-state index in [4.69, 9.17) is 4.42 Å². The molecule has 5 aromatic carbocycles. The monoisotopic (exact) mass is 768 g/mol. The second-order valence-electron chi connectivity index (χ2n) is 11.3. The quantitative estimate of drug-likeness (QED) is 0.165. The summed E-state index contributed by atoms with van der Waals surface area (Å²) in [6.45, 7) is 2.06. The molecule has 0 unspecified atom stereocenters. The predicted octanol–water partition coefficient (Wildman–Crippen LogP) is 10.5. The first-order chi connectivity index (χ1) is 22.2. The topological polar surface area (TPSA) is 43.3 Å². The Morgan fingerprint density at radius 2 is 1.43 bits per heavy atom. The minimum absolute atomic E-state index is 0. The van der Waals surface area contributed by atoms with Crippen LogP contribution in [0.15, 0.2) is 138 Å². The summed E-state index contributed by atoms with van der Waals surface area (Å²) in [5, 5.41) is 7.15. The third-order valence-electron chi connectivity index (χ3n) is 8.58. The molecular weight excluding hydrogens is 743 g/mol. The van der Waals surface area contributed by atoms with Crippen LogP contribution >= 0.6 is 0 Å². The molecule has 221 valence electrons. The summed E-state index contributed by atoms with van der Waals surface area (Å²) in [6, 6.07) is 48.0. The Kier molecular flexibility index (Phi) is 6.87. The van der Waals surface area contributed by atoms with Crippen LogP contribution in [-0.4, -0.2) is 14.4 Å². The van der Waals surface area contributed by atoms with Crippen molar-refractivity contribution >= 4 is 60.0 Å². The Labute approximate surface area is 278 Å². The van der Waals surface area contributed by atoms with Gasteiger partial charge in [0.15, 0.2) is 0 Å². The molecule has 5 heterocycles. The van der Waals surface area contributed by atoms with Gasteiger partial charge in [-0.15, -0.1) is 59.7 Å². The van der Waals surface area contributed by atoms with E-state index in [2.05, 4.69) is 106 Å². The summed E-state index contributed by atoms with van der Waals surface area (Å²) in [5.41, 5.74) is 10.5. The van der Waals surface area contributed by atoms with Gasteiger partial charge in [-0.1, -0.05) is 66.0 Å². The number of furan rings is 1. The van der Waals surface area contributed by atoms with E-state index in [9.17, 15) is 0 Å². The molecule has 0 aliphatic heterocycles. The van der Waals surface area contributed by atoms with Gasteiger partial charge >= 0.3 is 0 Å². The van der Waals surface area contributed by atoms with Crippen LogP contribution in [0.4, 0.5) is 0 Å². The first kappa shape index (κ1) is 28.1. The van der Waals surface area contributed by atoms with Gasteiger partial charge in [0.25, 0.3) is 0 Å². The molecule has 5 aromatic heterocycles. The number of hydrogen-bond acceptors (Lipinski definition) is 3. The number of aryl methyl sites for hydroxylation is 1. The zero-order chi connectivity index (χ0) is 29.9. The molecule has 0 saturated heterocycles. The van der Waals surface area contributed by atoms with Gasteiger partial charge in [0.1, 0.15) is 11.2 Å². The summed E-state index contributed by atoms with van der Waals surface area (Å²) < 4.78 is 8.86. The molecule has 0 amide bonds. The van der Waals surface area contributed by atoms with Crippen LogP contribution in [0.5, 0.6) is 0 Å². The maximum atomic E-state index is 6.49. The molecule has 4 nitrogen and oxygen atoms in total. The van der Waals surface area contributed by atoms with Crippen LogP contribution in [-0.2, 0) is 20.1 Å². The fourth-order valence-corrected chi connectivity index (χ4v) is 6.52. The fourth-order valence-electron chi connectivity index (χ4n) is 6.52. The molecule has 0 spiro atoms. The molecule has 0 atom stereocenters. The third-order valence-corrected chi connectivity index (χ3v) is 8.58. The smallest absolute Gasteiger partial charge is 0.143 e. The second kappa shape index (κ2) is 11.2. The SMILES string of the molecule is Cc1ccc(-c2[c-]cc3c(c2)c2c4oc5ccccc5c4cc4c5ccccc5n3c42)nc1.[Ir].[c-]1ccccc1-c1ccccn1. The summed E-state index contributed by atoms with van der Waals surface area (Å²) in [5.74, 6) is 0. The predicted molar refractivity (Wildman–Crippen MR) is 184 cm³/mol. The van der Waals surface area contributed by atoms with Crippen molar-refractivity contribution in [2.75, 3.05) is 0 Å². The number of benzene rings is 5. The zero-order valence-electron chi connectivity index (χ0n) is 24.8. The Hall–Kier alpha value is -5.35. The van der Waals surface area contributed by atoms with Gasteiger partial charge in [-0.3, -0.25) is 0 Å². The van der Waals surface area contributed by atoms with Crippen molar-refractivity contribution in [3.8, 4) is 22.5 Å². The number of rotatable bonds is 2. The molecule has 10 aromatic rings. The van der Waals surface area contributed by atoms with Crippen LogP contribution in [0, 0.1) is 19.1 Å². The van der Waals surface area contributed by atoms with Crippen LogP contribution in [0.2, 0.25) is 0 Å². The molecule has 10 rings (SSSR count). The molecule has 46 heavy (non-hydrogen) atoms. The minimum Gasteiger partial charge on any atom is -0.455 e. The maximum absolute atomic E-state index is 6.49. The molecule has 0 bridgehead atoms. The van der Waals surface area contributed by atoms with Crippen molar-refractivity contribution in [2.45, 2.75) is 6.92 Å². The molecular formula is C41H25IrN3O-2. The van der Waals surface area contributed by atoms with Crippen LogP contribution in [0.25, 0.3) is 82.5 Å². The second-order valence-corrected chi connectivity index (χ2v) is 11.3. The van der Waals surface area contributed by atoms with Gasteiger partial charge in [0, 0.05) is 64.9 Å². The van der Waals surface area contributed by atoms with Gasteiger partial charge in [-0.25, -0.2) is 0 Å². The van der Waals surface area contributed by atoms with E-state index in [0.717, 1.165) is 60.9 Å². The fraction of sp³-hybridized carbons (Fsp3) is 0.0244. The number of para-hydroxylation sites is 2. The summed E-state index contributed by atoms with van der Waals surface area (Å²) >= 11 is 0.